The normalized spacial score (nSPS) is 9.94. The van der Waals surface area contributed by atoms with Crippen LogP contribution in [0.15, 0.2) is 36.4 Å². The summed E-state index contributed by atoms with van der Waals surface area (Å²) in [7, 11) is 1.65. The Bertz CT molecular complexity index is 484. The fourth-order valence-corrected chi connectivity index (χ4v) is 1.41. The monoisotopic (exact) mass is 230 g/mol. The molecular weight excluding hydrogens is 216 g/mol. The van der Waals surface area contributed by atoms with E-state index in [4.69, 9.17) is 10.5 Å². The molecule has 0 saturated heterocycles. The lowest BCUT2D eigenvalue weighted by molar-refractivity contribution is 0.414. The third kappa shape index (κ3) is 3.07. The highest BCUT2D eigenvalue weighted by molar-refractivity contribution is 5.39. The van der Waals surface area contributed by atoms with E-state index in [1.807, 2.05) is 24.3 Å². The minimum Gasteiger partial charge on any atom is -0.497 e. The second-order valence-corrected chi connectivity index (χ2v) is 3.55. The standard InChI is InChI=1S/C12H14N4O/c1-17-10-4-2-3-9(7-10)8-14-12-6-5-11(13)15-16-12/h2-7H,8H2,1H3,(H2,13,15)(H,14,16). The first-order chi connectivity index (χ1) is 8.28. The number of benzene rings is 1. The number of aromatic nitrogens is 2. The van der Waals surface area contributed by atoms with Crippen molar-refractivity contribution in [2.75, 3.05) is 18.2 Å². The van der Waals surface area contributed by atoms with Gasteiger partial charge in [0.2, 0.25) is 0 Å². The fourth-order valence-electron chi connectivity index (χ4n) is 1.41. The minimum atomic E-state index is 0.414. The molecule has 1 aromatic carbocycles. The maximum absolute atomic E-state index is 5.45. The van der Waals surface area contributed by atoms with Crippen molar-refractivity contribution in [3.8, 4) is 5.75 Å². The number of nitrogen functional groups attached to an aromatic ring is 1. The highest BCUT2D eigenvalue weighted by Gasteiger charge is 1.97. The molecule has 0 aliphatic carbocycles. The van der Waals surface area contributed by atoms with E-state index in [-0.39, 0.29) is 0 Å². The van der Waals surface area contributed by atoms with Gasteiger partial charge >= 0.3 is 0 Å². The number of ether oxygens (including phenoxy) is 1. The zero-order chi connectivity index (χ0) is 12.1. The number of nitrogens with one attached hydrogen (secondary N) is 1. The molecule has 0 spiro atoms. The van der Waals surface area contributed by atoms with Crippen molar-refractivity contribution in [3.63, 3.8) is 0 Å². The Morgan fingerprint density at radius 1 is 1.24 bits per heavy atom. The quantitative estimate of drug-likeness (QED) is 0.836. The highest BCUT2D eigenvalue weighted by atomic mass is 16.5. The Hall–Kier alpha value is -2.30. The molecule has 1 heterocycles. The van der Waals surface area contributed by atoms with Crippen LogP contribution in [0.3, 0.4) is 0 Å². The number of nitrogens with zero attached hydrogens (tertiary/aromatic N) is 2. The third-order valence-corrected chi connectivity index (χ3v) is 2.29. The molecule has 2 aromatic rings. The van der Waals surface area contributed by atoms with Crippen LogP contribution in [0, 0.1) is 0 Å². The third-order valence-electron chi connectivity index (χ3n) is 2.29. The fraction of sp³-hybridized carbons (Fsp3) is 0.167. The molecule has 0 aliphatic heterocycles. The maximum Gasteiger partial charge on any atom is 0.149 e. The van der Waals surface area contributed by atoms with Crippen molar-refractivity contribution in [1.29, 1.82) is 0 Å². The lowest BCUT2D eigenvalue weighted by Crippen LogP contribution is -2.03. The van der Waals surface area contributed by atoms with Gasteiger partial charge in [-0.1, -0.05) is 12.1 Å². The van der Waals surface area contributed by atoms with Crippen molar-refractivity contribution in [2.45, 2.75) is 6.54 Å². The number of rotatable bonds is 4. The molecule has 3 N–H and O–H groups in total. The van der Waals surface area contributed by atoms with Crippen LogP contribution in [0.5, 0.6) is 5.75 Å². The van der Waals surface area contributed by atoms with E-state index in [2.05, 4.69) is 15.5 Å². The molecule has 0 bridgehead atoms. The van der Waals surface area contributed by atoms with Crippen molar-refractivity contribution in [1.82, 2.24) is 10.2 Å². The Balaban J connectivity index is 1.99. The molecule has 0 unspecified atom stereocenters. The molecule has 0 aliphatic rings. The Morgan fingerprint density at radius 2 is 2.12 bits per heavy atom. The zero-order valence-corrected chi connectivity index (χ0v) is 9.55. The molecule has 88 valence electrons. The van der Waals surface area contributed by atoms with Gasteiger partial charge in [-0.3, -0.25) is 0 Å². The largest absolute Gasteiger partial charge is 0.497 e. The van der Waals surface area contributed by atoms with Crippen LogP contribution in [0.4, 0.5) is 11.6 Å². The molecule has 0 saturated carbocycles. The molecule has 0 amide bonds. The molecule has 1 aromatic heterocycles. The molecule has 5 nitrogen and oxygen atoms in total. The topological polar surface area (TPSA) is 73.1 Å². The molecule has 2 rings (SSSR count). The van der Waals surface area contributed by atoms with Gasteiger partial charge in [0.25, 0.3) is 0 Å². The van der Waals surface area contributed by atoms with Crippen molar-refractivity contribution >= 4 is 11.6 Å². The SMILES string of the molecule is COc1cccc(CNc2ccc(N)nn2)c1. The van der Waals surface area contributed by atoms with E-state index in [0.717, 1.165) is 11.3 Å². The minimum absolute atomic E-state index is 0.414. The van der Waals surface area contributed by atoms with E-state index in [9.17, 15) is 0 Å². The highest BCUT2D eigenvalue weighted by Crippen LogP contribution is 2.13. The summed E-state index contributed by atoms with van der Waals surface area (Å²) in [5.41, 5.74) is 6.57. The summed E-state index contributed by atoms with van der Waals surface area (Å²) in [6.45, 7) is 0.662. The maximum atomic E-state index is 5.45. The number of hydrogen-bond acceptors (Lipinski definition) is 5. The van der Waals surface area contributed by atoms with Gasteiger partial charge in [0.05, 0.1) is 7.11 Å². The van der Waals surface area contributed by atoms with E-state index < -0.39 is 0 Å². The molecular formula is C12H14N4O. The average molecular weight is 230 g/mol. The van der Waals surface area contributed by atoms with Crippen LogP contribution in [0.2, 0.25) is 0 Å². The van der Waals surface area contributed by atoms with Crippen LogP contribution in [-0.2, 0) is 6.54 Å². The van der Waals surface area contributed by atoms with Crippen LogP contribution in [0.1, 0.15) is 5.56 Å². The van der Waals surface area contributed by atoms with Gasteiger partial charge in [-0.15, -0.1) is 10.2 Å². The number of hydrogen-bond donors (Lipinski definition) is 2. The second-order valence-electron chi connectivity index (χ2n) is 3.55. The van der Waals surface area contributed by atoms with Gasteiger partial charge in [0.1, 0.15) is 17.4 Å². The van der Waals surface area contributed by atoms with E-state index in [1.165, 1.54) is 0 Å². The predicted molar refractivity (Wildman–Crippen MR) is 66.8 cm³/mol. The van der Waals surface area contributed by atoms with E-state index in [1.54, 1.807) is 19.2 Å². The van der Waals surface area contributed by atoms with Crippen molar-refractivity contribution in [2.24, 2.45) is 0 Å². The van der Waals surface area contributed by atoms with E-state index in [0.29, 0.717) is 18.2 Å². The second kappa shape index (κ2) is 5.16. The summed E-state index contributed by atoms with van der Waals surface area (Å²) in [5, 5.41) is 10.8. The Kier molecular flexibility index (Phi) is 3.40. The van der Waals surface area contributed by atoms with Crippen LogP contribution in [-0.4, -0.2) is 17.3 Å². The zero-order valence-electron chi connectivity index (χ0n) is 9.55. The van der Waals surface area contributed by atoms with Crippen molar-refractivity contribution in [3.05, 3.63) is 42.0 Å². The summed E-state index contributed by atoms with van der Waals surface area (Å²) in [4.78, 5) is 0. The molecule has 5 heteroatoms. The summed E-state index contributed by atoms with van der Waals surface area (Å²) in [6.07, 6.45) is 0. The number of anilines is 2. The summed E-state index contributed by atoms with van der Waals surface area (Å²) >= 11 is 0. The van der Waals surface area contributed by atoms with Gasteiger partial charge in [-0.25, -0.2) is 0 Å². The first-order valence-corrected chi connectivity index (χ1v) is 5.24. The molecule has 17 heavy (non-hydrogen) atoms. The van der Waals surface area contributed by atoms with Gasteiger partial charge in [0, 0.05) is 6.54 Å². The first-order valence-electron chi connectivity index (χ1n) is 5.24. The lowest BCUT2D eigenvalue weighted by Gasteiger charge is -2.06. The van der Waals surface area contributed by atoms with Gasteiger partial charge < -0.3 is 15.8 Å². The predicted octanol–water partition coefficient (Wildman–Crippen LogP) is 1.68. The summed E-state index contributed by atoms with van der Waals surface area (Å²) in [5.74, 6) is 1.95. The Morgan fingerprint density at radius 3 is 2.82 bits per heavy atom. The summed E-state index contributed by atoms with van der Waals surface area (Å²) < 4.78 is 5.15. The van der Waals surface area contributed by atoms with Gasteiger partial charge in [0.15, 0.2) is 0 Å². The smallest absolute Gasteiger partial charge is 0.149 e. The van der Waals surface area contributed by atoms with Gasteiger partial charge in [-0.2, -0.15) is 0 Å². The summed E-state index contributed by atoms with van der Waals surface area (Å²) in [6, 6.07) is 11.3. The molecule has 0 atom stereocenters. The molecule has 0 fully saturated rings. The van der Waals surface area contributed by atoms with Crippen LogP contribution < -0.4 is 15.8 Å². The number of methoxy groups -OCH3 is 1. The van der Waals surface area contributed by atoms with Gasteiger partial charge in [-0.05, 0) is 29.8 Å². The average Bonchev–Trinajstić information content (AvgIpc) is 2.38. The van der Waals surface area contributed by atoms with Crippen molar-refractivity contribution < 1.29 is 4.74 Å². The van der Waals surface area contributed by atoms with Crippen LogP contribution >= 0.6 is 0 Å². The number of nitrogens with two attached hydrogens (primary N) is 1. The molecule has 0 radical (unpaired) electrons. The van der Waals surface area contributed by atoms with Crippen LogP contribution in [0.25, 0.3) is 0 Å². The Labute approximate surface area is 99.6 Å². The lowest BCUT2D eigenvalue weighted by atomic mass is 10.2. The first kappa shape index (κ1) is 11.2. The van der Waals surface area contributed by atoms with E-state index >= 15 is 0 Å².